The van der Waals surface area contributed by atoms with Crippen molar-refractivity contribution in [3.05, 3.63) is 0 Å². The highest BCUT2D eigenvalue weighted by molar-refractivity contribution is 9.09. The summed E-state index contributed by atoms with van der Waals surface area (Å²) in [5.74, 6) is 1.57. The lowest BCUT2D eigenvalue weighted by Crippen LogP contribution is -2.42. The molecule has 0 aliphatic heterocycles. The van der Waals surface area contributed by atoms with Crippen LogP contribution in [0, 0.1) is 17.8 Å². The number of hydrogen-bond acceptors (Lipinski definition) is 1. The number of alkyl halides is 1. The van der Waals surface area contributed by atoms with Crippen LogP contribution in [0.25, 0.3) is 0 Å². The predicted molar refractivity (Wildman–Crippen MR) is 62.5 cm³/mol. The zero-order valence-electron chi connectivity index (χ0n) is 9.22. The van der Waals surface area contributed by atoms with Gasteiger partial charge in [0.15, 0.2) is 0 Å². The Morgan fingerprint density at radius 1 is 1.43 bits per heavy atom. The molecule has 2 atom stereocenters. The number of carbonyl (C=O) groups excluding carboxylic acids is 1. The Morgan fingerprint density at radius 2 is 2.00 bits per heavy atom. The molecule has 2 unspecified atom stereocenters. The molecule has 0 aromatic heterocycles. The van der Waals surface area contributed by atoms with E-state index in [0.29, 0.717) is 11.8 Å². The smallest absolute Gasteiger partial charge is 0.223 e. The lowest BCUT2D eigenvalue weighted by atomic mass is 10.0. The summed E-state index contributed by atoms with van der Waals surface area (Å²) < 4.78 is 0. The second-order valence-electron chi connectivity index (χ2n) is 4.64. The summed E-state index contributed by atoms with van der Waals surface area (Å²) in [5, 5.41) is 3.94. The Labute approximate surface area is 95.0 Å². The van der Waals surface area contributed by atoms with Crippen LogP contribution in [0.5, 0.6) is 0 Å². The van der Waals surface area contributed by atoms with Crippen molar-refractivity contribution in [1.29, 1.82) is 0 Å². The normalized spacial score (nSPS) is 20.6. The number of amides is 1. The number of nitrogens with one attached hydrogen (secondary N) is 1. The molecule has 0 bridgehead atoms. The maximum Gasteiger partial charge on any atom is 0.223 e. The SMILES string of the molecule is CC(C)C(CBr)NC(=O)C(C)C1CC1. The van der Waals surface area contributed by atoms with Crippen molar-refractivity contribution >= 4 is 21.8 Å². The third kappa shape index (κ3) is 3.26. The van der Waals surface area contributed by atoms with Gasteiger partial charge >= 0.3 is 0 Å². The van der Waals surface area contributed by atoms with Crippen LogP contribution in [0.1, 0.15) is 33.6 Å². The van der Waals surface area contributed by atoms with E-state index in [2.05, 4.69) is 35.1 Å². The molecule has 0 aromatic rings. The topological polar surface area (TPSA) is 29.1 Å². The lowest BCUT2D eigenvalue weighted by Gasteiger charge is -2.22. The fourth-order valence-corrected chi connectivity index (χ4v) is 2.42. The minimum atomic E-state index is 0.204. The van der Waals surface area contributed by atoms with Gasteiger partial charge in [-0.3, -0.25) is 4.79 Å². The standard InChI is InChI=1S/C11H20BrNO/c1-7(2)10(6-12)13-11(14)8(3)9-4-5-9/h7-10H,4-6H2,1-3H3,(H,13,14). The molecule has 2 nitrogen and oxygen atoms in total. The molecule has 0 aromatic carbocycles. The summed E-state index contributed by atoms with van der Waals surface area (Å²) in [7, 11) is 0. The molecule has 0 saturated heterocycles. The number of carbonyl (C=O) groups is 1. The molecule has 1 rings (SSSR count). The van der Waals surface area contributed by atoms with Gasteiger partial charge in [0.05, 0.1) is 0 Å². The van der Waals surface area contributed by atoms with Gasteiger partial charge in [0.25, 0.3) is 0 Å². The first-order valence-corrected chi connectivity index (χ1v) is 6.54. The minimum absolute atomic E-state index is 0.204. The lowest BCUT2D eigenvalue weighted by molar-refractivity contribution is -0.125. The van der Waals surface area contributed by atoms with Crippen molar-refractivity contribution in [3.8, 4) is 0 Å². The quantitative estimate of drug-likeness (QED) is 0.758. The van der Waals surface area contributed by atoms with Crippen molar-refractivity contribution in [1.82, 2.24) is 5.32 Å². The average Bonchev–Trinajstić information content (AvgIpc) is 2.95. The molecule has 0 radical (unpaired) electrons. The van der Waals surface area contributed by atoms with Crippen molar-refractivity contribution in [3.63, 3.8) is 0 Å². The molecule has 1 aliphatic rings. The van der Waals surface area contributed by atoms with Gasteiger partial charge in [-0.1, -0.05) is 36.7 Å². The van der Waals surface area contributed by atoms with E-state index in [4.69, 9.17) is 0 Å². The van der Waals surface area contributed by atoms with Gasteiger partial charge < -0.3 is 5.32 Å². The van der Waals surface area contributed by atoms with Gasteiger partial charge in [-0.25, -0.2) is 0 Å². The van der Waals surface area contributed by atoms with Gasteiger partial charge in [0.1, 0.15) is 0 Å². The van der Waals surface area contributed by atoms with Gasteiger partial charge in [-0.15, -0.1) is 0 Å². The van der Waals surface area contributed by atoms with Crippen LogP contribution >= 0.6 is 15.9 Å². The molecule has 14 heavy (non-hydrogen) atoms. The summed E-state index contributed by atoms with van der Waals surface area (Å²) in [6.45, 7) is 6.31. The Kier molecular flexibility index (Phi) is 4.42. The largest absolute Gasteiger partial charge is 0.352 e. The first-order valence-electron chi connectivity index (χ1n) is 5.42. The van der Waals surface area contributed by atoms with Crippen LogP contribution in [-0.4, -0.2) is 17.3 Å². The second kappa shape index (κ2) is 5.15. The summed E-state index contributed by atoms with van der Waals surface area (Å²) in [6.07, 6.45) is 2.46. The van der Waals surface area contributed by atoms with Crippen molar-refractivity contribution in [2.45, 2.75) is 39.7 Å². The molecule has 1 aliphatic carbocycles. The Morgan fingerprint density at radius 3 is 2.36 bits per heavy atom. The average molecular weight is 262 g/mol. The molecule has 1 amide bonds. The Balaban J connectivity index is 2.37. The number of hydrogen-bond donors (Lipinski definition) is 1. The molecular weight excluding hydrogens is 242 g/mol. The van der Waals surface area contributed by atoms with Gasteiger partial charge in [0.2, 0.25) is 5.91 Å². The Hall–Kier alpha value is -0.0500. The molecular formula is C11H20BrNO. The zero-order chi connectivity index (χ0) is 10.7. The molecule has 1 fully saturated rings. The first kappa shape index (κ1) is 12.0. The van der Waals surface area contributed by atoms with Gasteiger partial charge in [-0.2, -0.15) is 0 Å². The zero-order valence-corrected chi connectivity index (χ0v) is 10.8. The van der Waals surface area contributed by atoms with Crippen molar-refractivity contribution in [2.24, 2.45) is 17.8 Å². The third-order valence-electron chi connectivity index (χ3n) is 3.04. The van der Waals surface area contributed by atoms with Crippen LogP contribution in [0.15, 0.2) is 0 Å². The first-order chi connectivity index (χ1) is 6.56. The van der Waals surface area contributed by atoms with E-state index in [0.717, 1.165) is 5.33 Å². The maximum atomic E-state index is 11.8. The van der Waals surface area contributed by atoms with Crippen molar-refractivity contribution < 1.29 is 4.79 Å². The summed E-state index contributed by atoms with van der Waals surface area (Å²) in [5.41, 5.74) is 0. The Bertz CT molecular complexity index is 201. The van der Waals surface area contributed by atoms with Gasteiger partial charge in [0, 0.05) is 17.3 Å². The van der Waals surface area contributed by atoms with Crippen LogP contribution in [-0.2, 0) is 4.79 Å². The third-order valence-corrected chi connectivity index (χ3v) is 3.74. The van der Waals surface area contributed by atoms with E-state index in [1.807, 2.05) is 6.92 Å². The van der Waals surface area contributed by atoms with Crippen LogP contribution in [0.4, 0.5) is 0 Å². The highest BCUT2D eigenvalue weighted by Gasteiger charge is 2.33. The number of halogens is 1. The number of rotatable bonds is 5. The fourth-order valence-electron chi connectivity index (χ4n) is 1.51. The van der Waals surface area contributed by atoms with Crippen LogP contribution in [0.3, 0.4) is 0 Å². The van der Waals surface area contributed by atoms with E-state index < -0.39 is 0 Å². The molecule has 1 N–H and O–H groups in total. The highest BCUT2D eigenvalue weighted by Crippen LogP contribution is 2.36. The van der Waals surface area contributed by atoms with E-state index in [9.17, 15) is 4.79 Å². The van der Waals surface area contributed by atoms with Gasteiger partial charge in [-0.05, 0) is 24.7 Å². The van der Waals surface area contributed by atoms with Crippen molar-refractivity contribution in [2.75, 3.05) is 5.33 Å². The maximum absolute atomic E-state index is 11.8. The van der Waals surface area contributed by atoms with E-state index in [-0.39, 0.29) is 17.9 Å². The summed E-state index contributed by atoms with van der Waals surface area (Å²) in [6, 6.07) is 0.267. The van der Waals surface area contributed by atoms with Crippen LogP contribution < -0.4 is 5.32 Å². The van der Waals surface area contributed by atoms with E-state index in [1.165, 1.54) is 12.8 Å². The molecule has 0 heterocycles. The van der Waals surface area contributed by atoms with E-state index >= 15 is 0 Å². The van der Waals surface area contributed by atoms with E-state index in [1.54, 1.807) is 0 Å². The monoisotopic (exact) mass is 261 g/mol. The minimum Gasteiger partial charge on any atom is -0.352 e. The van der Waals surface area contributed by atoms with Crippen LogP contribution in [0.2, 0.25) is 0 Å². The second-order valence-corrected chi connectivity index (χ2v) is 5.29. The summed E-state index contributed by atoms with van der Waals surface area (Å²) in [4.78, 5) is 11.8. The summed E-state index contributed by atoms with van der Waals surface area (Å²) >= 11 is 3.43. The fraction of sp³-hybridized carbons (Fsp3) is 0.909. The molecule has 0 spiro atoms. The molecule has 1 saturated carbocycles. The highest BCUT2D eigenvalue weighted by atomic mass is 79.9. The molecule has 82 valence electrons. The molecule has 3 heteroatoms. The predicted octanol–water partition coefficient (Wildman–Crippen LogP) is 2.57.